The van der Waals surface area contributed by atoms with E-state index in [1.165, 1.54) is 0 Å². The third-order valence-electron chi connectivity index (χ3n) is 1.56. The van der Waals surface area contributed by atoms with Gasteiger partial charge in [0.25, 0.3) is 0 Å². The van der Waals surface area contributed by atoms with E-state index in [2.05, 4.69) is 0 Å². The summed E-state index contributed by atoms with van der Waals surface area (Å²) in [5.41, 5.74) is 1.14. The summed E-state index contributed by atoms with van der Waals surface area (Å²) in [7, 11) is 1.61. The molecule has 1 aromatic carbocycles. The van der Waals surface area contributed by atoms with E-state index in [1.54, 1.807) is 7.11 Å². The lowest BCUT2D eigenvalue weighted by Crippen LogP contribution is -1.98. The Labute approximate surface area is 78.8 Å². The Kier molecular flexibility index (Phi) is 4.06. The summed E-state index contributed by atoms with van der Waals surface area (Å²) < 4.78 is 10.1. The molecule has 2 nitrogen and oxygen atoms in total. The van der Waals surface area contributed by atoms with Gasteiger partial charge in [-0.15, -0.1) is 0 Å². The fourth-order valence-corrected chi connectivity index (χ4v) is 1.03. The largest absolute Gasteiger partial charge is 0.468 e. The molecule has 0 amide bonds. The predicted octanol–water partition coefficient (Wildman–Crippen LogP) is 2.70. The lowest BCUT2D eigenvalue weighted by molar-refractivity contribution is 0.0511. The van der Waals surface area contributed by atoms with Crippen molar-refractivity contribution in [1.82, 2.24) is 0 Å². The molecule has 13 heavy (non-hydrogen) atoms. The van der Waals surface area contributed by atoms with Gasteiger partial charge in [-0.3, -0.25) is 0 Å². The Hall–Kier alpha value is -1.28. The summed E-state index contributed by atoms with van der Waals surface area (Å²) in [4.78, 5) is 0. The first-order valence-electron chi connectivity index (χ1n) is 4.21. The predicted molar refractivity (Wildman–Crippen MR) is 53.7 cm³/mol. The molecule has 0 saturated heterocycles. The van der Waals surface area contributed by atoms with Gasteiger partial charge in [-0.25, -0.2) is 0 Å². The zero-order valence-electron chi connectivity index (χ0n) is 7.99. The first-order chi connectivity index (χ1) is 6.36. The van der Waals surface area contributed by atoms with Crippen molar-refractivity contribution in [1.29, 1.82) is 0 Å². The number of allylic oxidation sites excluding steroid dienone is 1. The topological polar surface area (TPSA) is 18.5 Å². The van der Waals surface area contributed by atoms with Crippen LogP contribution in [0, 0.1) is 0 Å². The fourth-order valence-electron chi connectivity index (χ4n) is 1.03. The third-order valence-corrected chi connectivity index (χ3v) is 1.56. The molecule has 0 spiro atoms. The third kappa shape index (κ3) is 3.30. The van der Waals surface area contributed by atoms with Gasteiger partial charge >= 0.3 is 0 Å². The number of rotatable bonds is 4. The molecule has 70 valence electrons. The summed E-state index contributed by atoms with van der Waals surface area (Å²) in [5.74, 6) is 0.831. The zero-order chi connectivity index (χ0) is 9.52. The molecular formula is C11H14O2. The molecule has 0 aromatic heterocycles. The maximum atomic E-state index is 5.29. The van der Waals surface area contributed by atoms with Crippen molar-refractivity contribution in [2.45, 2.75) is 6.92 Å². The Bertz CT molecular complexity index is 279. The van der Waals surface area contributed by atoms with Crippen LogP contribution in [0.25, 0.3) is 6.08 Å². The van der Waals surface area contributed by atoms with Gasteiger partial charge in [0.05, 0.1) is 0 Å². The number of hydrogen-bond acceptors (Lipinski definition) is 2. The standard InChI is InChI=1S/C11H14O2/c1-3-5-10-6-4-7-11(8-10)13-9-12-2/h3-8H,9H2,1-2H3. The van der Waals surface area contributed by atoms with Gasteiger partial charge in [-0.1, -0.05) is 24.3 Å². The van der Waals surface area contributed by atoms with Crippen LogP contribution < -0.4 is 4.74 Å². The maximum absolute atomic E-state index is 5.29. The maximum Gasteiger partial charge on any atom is 0.188 e. The quantitative estimate of drug-likeness (QED) is 0.660. The van der Waals surface area contributed by atoms with Crippen LogP contribution in [0.3, 0.4) is 0 Å². The van der Waals surface area contributed by atoms with Crippen molar-refractivity contribution < 1.29 is 9.47 Å². The van der Waals surface area contributed by atoms with Crippen molar-refractivity contribution in [3.05, 3.63) is 35.9 Å². The number of ether oxygens (including phenoxy) is 2. The summed E-state index contributed by atoms with van der Waals surface area (Å²) in [6.45, 7) is 2.28. The van der Waals surface area contributed by atoms with Crippen molar-refractivity contribution in [3.8, 4) is 5.75 Å². The van der Waals surface area contributed by atoms with Gasteiger partial charge in [-0.05, 0) is 24.6 Å². The van der Waals surface area contributed by atoms with Crippen molar-refractivity contribution in [2.24, 2.45) is 0 Å². The molecule has 1 rings (SSSR count). The van der Waals surface area contributed by atoms with Crippen LogP contribution in [0.1, 0.15) is 12.5 Å². The molecule has 0 radical (unpaired) electrons. The lowest BCUT2D eigenvalue weighted by atomic mass is 10.2. The van der Waals surface area contributed by atoms with Crippen molar-refractivity contribution in [3.63, 3.8) is 0 Å². The average molecular weight is 178 g/mol. The van der Waals surface area contributed by atoms with Crippen molar-refractivity contribution in [2.75, 3.05) is 13.9 Å². The molecular weight excluding hydrogens is 164 g/mol. The second kappa shape index (κ2) is 5.38. The van der Waals surface area contributed by atoms with E-state index in [9.17, 15) is 0 Å². The average Bonchev–Trinajstić information content (AvgIpc) is 2.16. The first kappa shape index (κ1) is 9.81. The monoisotopic (exact) mass is 178 g/mol. The summed E-state index contributed by atoms with van der Waals surface area (Å²) >= 11 is 0. The minimum absolute atomic E-state index is 0.291. The molecule has 0 saturated carbocycles. The minimum atomic E-state index is 0.291. The van der Waals surface area contributed by atoms with E-state index < -0.39 is 0 Å². The molecule has 0 aliphatic carbocycles. The molecule has 0 unspecified atom stereocenters. The van der Waals surface area contributed by atoms with Gasteiger partial charge < -0.3 is 9.47 Å². The molecule has 0 aliphatic heterocycles. The summed E-state index contributed by atoms with van der Waals surface area (Å²) in [5, 5.41) is 0. The lowest BCUT2D eigenvalue weighted by Gasteiger charge is -2.04. The van der Waals surface area contributed by atoms with Gasteiger partial charge in [0.2, 0.25) is 0 Å². The molecule has 0 atom stereocenters. The van der Waals surface area contributed by atoms with Crippen LogP contribution in [-0.2, 0) is 4.74 Å². The van der Waals surface area contributed by atoms with Crippen LogP contribution in [0.2, 0.25) is 0 Å². The number of hydrogen-bond donors (Lipinski definition) is 0. The molecule has 0 heterocycles. The molecule has 0 bridgehead atoms. The van der Waals surface area contributed by atoms with Gasteiger partial charge in [-0.2, -0.15) is 0 Å². The zero-order valence-corrected chi connectivity index (χ0v) is 7.99. The Morgan fingerprint density at radius 3 is 2.92 bits per heavy atom. The second-order valence-electron chi connectivity index (χ2n) is 2.62. The summed E-state index contributed by atoms with van der Waals surface area (Å²) in [6.07, 6.45) is 4.02. The van der Waals surface area contributed by atoms with E-state index in [-0.39, 0.29) is 0 Å². The van der Waals surface area contributed by atoms with E-state index in [0.29, 0.717) is 6.79 Å². The highest BCUT2D eigenvalue weighted by atomic mass is 16.7. The fraction of sp³-hybridized carbons (Fsp3) is 0.273. The molecule has 0 fully saturated rings. The highest BCUT2D eigenvalue weighted by Gasteiger charge is 1.92. The molecule has 1 aromatic rings. The normalized spacial score (nSPS) is 10.6. The smallest absolute Gasteiger partial charge is 0.188 e. The molecule has 0 aliphatic rings. The Morgan fingerprint density at radius 2 is 2.23 bits per heavy atom. The first-order valence-corrected chi connectivity index (χ1v) is 4.21. The number of benzene rings is 1. The SMILES string of the molecule is CC=Cc1cccc(OCOC)c1. The number of methoxy groups -OCH3 is 1. The van der Waals surface area contributed by atoms with E-state index in [1.807, 2.05) is 43.3 Å². The highest BCUT2D eigenvalue weighted by Crippen LogP contribution is 2.14. The minimum Gasteiger partial charge on any atom is -0.468 e. The van der Waals surface area contributed by atoms with Crippen LogP contribution in [0.15, 0.2) is 30.3 Å². The van der Waals surface area contributed by atoms with E-state index in [0.717, 1.165) is 11.3 Å². The van der Waals surface area contributed by atoms with Gasteiger partial charge in [0.1, 0.15) is 5.75 Å². The van der Waals surface area contributed by atoms with E-state index >= 15 is 0 Å². The van der Waals surface area contributed by atoms with Crippen LogP contribution in [0.5, 0.6) is 5.75 Å². The van der Waals surface area contributed by atoms with Crippen LogP contribution in [-0.4, -0.2) is 13.9 Å². The van der Waals surface area contributed by atoms with Crippen LogP contribution in [0.4, 0.5) is 0 Å². The Morgan fingerprint density at radius 1 is 1.38 bits per heavy atom. The molecule has 0 N–H and O–H groups in total. The second-order valence-corrected chi connectivity index (χ2v) is 2.62. The van der Waals surface area contributed by atoms with Crippen molar-refractivity contribution >= 4 is 6.08 Å². The molecule has 2 heteroatoms. The highest BCUT2D eigenvalue weighted by molar-refractivity contribution is 5.51. The van der Waals surface area contributed by atoms with E-state index in [4.69, 9.17) is 9.47 Å². The van der Waals surface area contributed by atoms with Gasteiger partial charge in [0.15, 0.2) is 6.79 Å². The Balaban J connectivity index is 2.67. The van der Waals surface area contributed by atoms with Crippen LogP contribution >= 0.6 is 0 Å². The summed E-state index contributed by atoms with van der Waals surface area (Å²) in [6, 6.07) is 7.87. The van der Waals surface area contributed by atoms with Gasteiger partial charge in [0, 0.05) is 7.11 Å².